The number of anilines is 1. The van der Waals surface area contributed by atoms with Crippen LogP contribution in [0.1, 0.15) is 19.4 Å². The number of nitrogens with one attached hydrogen (secondary N) is 1. The second kappa shape index (κ2) is 8.61. The molecule has 1 saturated heterocycles. The van der Waals surface area contributed by atoms with Crippen molar-refractivity contribution in [2.45, 2.75) is 26.4 Å². The van der Waals surface area contributed by atoms with Gasteiger partial charge < -0.3 is 9.88 Å². The average molecular weight is 454 g/mol. The molecule has 0 aliphatic carbocycles. The average Bonchev–Trinajstić information content (AvgIpc) is 3.20. The molecule has 0 radical (unpaired) electrons. The lowest BCUT2D eigenvalue weighted by Gasteiger charge is -2.16. The van der Waals surface area contributed by atoms with Crippen molar-refractivity contribution in [1.82, 2.24) is 9.47 Å². The predicted octanol–water partition coefficient (Wildman–Crippen LogP) is 5.38. The van der Waals surface area contributed by atoms with Crippen molar-refractivity contribution < 1.29 is 14.4 Å². The van der Waals surface area contributed by atoms with Gasteiger partial charge >= 0.3 is 0 Å². The van der Waals surface area contributed by atoms with Crippen molar-refractivity contribution in [2.75, 3.05) is 5.32 Å². The van der Waals surface area contributed by atoms with E-state index in [0.29, 0.717) is 15.6 Å². The Morgan fingerprint density at radius 1 is 1.13 bits per heavy atom. The molecule has 1 N–H and O–H groups in total. The molecule has 158 valence electrons. The molecule has 31 heavy (non-hydrogen) atoms. The highest BCUT2D eigenvalue weighted by Crippen LogP contribution is 2.35. The van der Waals surface area contributed by atoms with E-state index in [1.165, 1.54) is 4.90 Å². The summed E-state index contributed by atoms with van der Waals surface area (Å²) in [5.41, 5.74) is 2.31. The third-order valence-corrected chi connectivity index (χ3v) is 6.02. The number of amides is 3. The zero-order chi connectivity index (χ0) is 22.1. The molecule has 6 nitrogen and oxygen atoms in total. The number of aromatic nitrogens is 1. The number of hydrogen-bond acceptors (Lipinski definition) is 4. The number of fused-ring (bicyclic) bond motifs is 1. The molecule has 1 fully saturated rings. The van der Waals surface area contributed by atoms with Crippen LogP contribution in [0.2, 0.25) is 5.02 Å². The van der Waals surface area contributed by atoms with E-state index >= 15 is 0 Å². The van der Waals surface area contributed by atoms with E-state index in [4.69, 9.17) is 11.6 Å². The largest absolute Gasteiger partial charge is 0.337 e. The van der Waals surface area contributed by atoms with E-state index in [0.717, 1.165) is 28.2 Å². The van der Waals surface area contributed by atoms with E-state index in [1.807, 2.05) is 48.9 Å². The number of halogens is 1. The van der Waals surface area contributed by atoms with E-state index in [2.05, 4.69) is 5.32 Å². The van der Waals surface area contributed by atoms with Gasteiger partial charge in [-0.25, -0.2) is 0 Å². The Bertz CT molecular complexity index is 1210. The van der Waals surface area contributed by atoms with Gasteiger partial charge in [0.2, 0.25) is 5.91 Å². The molecular weight excluding hydrogens is 434 g/mol. The molecule has 1 aliphatic heterocycles. The number of carbonyl (C=O) groups excluding carboxylic acids is 3. The molecule has 1 aliphatic rings. The zero-order valence-electron chi connectivity index (χ0n) is 17.0. The number of carbonyl (C=O) groups is 3. The smallest absolute Gasteiger partial charge is 0.293 e. The second-order valence-corrected chi connectivity index (χ2v) is 8.86. The molecule has 0 spiro atoms. The van der Waals surface area contributed by atoms with Crippen LogP contribution in [0.3, 0.4) is 0 Å². The highest BCUT2D eigenvalue weighted by atomic mass is 35.5. The molecule has 0 unspecified atom stereocenters. The third-order valence-electron chi connectivity index (χ3n) is 4.89. The van der Waals surface area contributed by atoms with Crippen molar-refractivity contribution in [3.05, 3.63) is 70.2 Å². The van der Waals surface area contributed by atoms with Gasteiger partial charge in [0.05, 0.1) is 4.91 Å². The standard InChI is InChI=1S/C23H20ClN3O3S/c1-14(2)27-22(29)20(31-23(27)30)11-15-12-26(19-6-4-3-5-18(15)19)13-21(28)25-17-9-7-16(24)8-10-17/h3-12,14H,13H2,1-2H3,(H,25,28)/b20-11-. The Hall–Kier alpha value is -3.03. The summed E-state index contributed by atoms with van der Waals surface area (Å²) in [6.45, 7) is 3.72. The molecule has 0 bridgehead atoms. The first-order valence-corrected chi connectivity index (χ1v) is 10.9. The van der Waals surface area contributed by atoms with Crippen molar-refractivity contribution >= 4 is 63.1 Å². The van der Waals surface area contributed by atoms with Crippen molar-refractivity contribution in [3.8, 4) is 0 Å². The molecule has 3 amide bonds. The SMILES string of the molecule is CC(C)N1C(=O)S/C(=C\c2cn(CC(=O)Nc3ccc(Cl)cc3)c3ccccc23)C1=O. The number of hydrogen-bond donors (Lipinski definition) is 1. The Kier molecular flexibility index (Phi) is 5.89. The summed E-state index contributed by atoms with van der Waals surface area (Å²) in [6.07, 6.45) is 3.55. The highest BCUT2D eigenvalue weighted by molar-refractivity contribution is 8.18. The Balaban J connectivity index is 1.62. The van der Waals surface area contributed by atoms with E-state index < -0.39 is 0 Å². The maximum atomic E-state index is 12.6. The van der Waals surface area contributed by atoms with Crippen LogP contribution in [0.5, 0.6) is 0 Å². The first-order valence-electron chi connectivity index (χ1n) is 9.74. The van der Waals surface area contributed by atoms with Gasteiger partial charge in [-0.05, 0) is 62.0 Å². The van der Waals surface area contributed by atoms with E-state index in [-0.39, 0.29) is 29.6 Å². The summed E-state index contributed by atoms with van der Waals surface area (Å²) < 4.78 is 1.83. The topological polar surface area (TPSA) is 71.4 Å². The molecule has 4 rings (SSSR count). The van der Waals surface area contributed by atoms with Crippen LogP contribution in [0.4, 0.5) is 10.5 Å². The lowest BCUT2D eigenvalue weighted by molar-refractivity contribution is -0.123. The maximum Gasteiger partial charge on any atom is 0.293 e. The molecule has 2 heterocycles. The summed E-state index contributed by atoms with van der Waals surface area (Å²) >= 11 is 6.83. The Morgan fingerprint density at radius 2 is 1.84 bits per heavy atom. The van der Waals surface area contributed by atoms with Crippen LogP contribution in [0.25, 0.3) is 17.0 Å². The van der Waals surface area contributed by atoms with Gasteiger partial charge in [-0.3, -0.25) is 19.3 Å². The minimum Gasteiger partial charge on any atom is -0.337 e. The van der Waals surface area contributed by atoms with Gasteiger partial charge in [-0.2, -0.15) is 0 Å². The summed E-state index contributed by atoms with van der Waals surface area (Å²) in [5.74, 6) is -0.475. The van der Waals surface area contributed by atoms with Crippen molar-refractivity contribution in [3.63, 3.8) is 0 Å². The Labute approximate surface area is 188 Å². The summed E-state index contributed by atoms with van der Waals surface area (Å²) in [7, 11) is 0. The number of nitrogens with zero attached hydrogens (tertiary/aromatic N) is 2. The van der Waals surface area contributed by atoms with Gasteiger partial charge in [0, 0.05) is 39.4 Å². The number of imide groups is 1. The monoisotopic (exact) mass is 453 g/mol. The Morgan fingerprint density at radius 3 is 2.52 bits per heavy atom. The number of thioether (sulfide) groups is 1. The van der Waals surface area contributed by atoms with Gasteiger partial charge in [-0.1, -0.05) is 29.8 Å². The molecule has 1 aromatic heterocycles. The molecular formula is C23H20ClN3O3S. The van der Waals surface area contributed by atoms with Crippen molar-refractivity contribution in [1.29, 1.82) is 0 Å². The second-order valence-electron chi connectivity index (χ2n) is 7.43. The maximum absolute atomic E-state index is 12.6. The van der Waals surface area contributed by atoms with E-state index in [9.17, 15) is 14.4 Å². The van der Waals surface area contributed by atoms with Crippen LogP contribution in [-0.2, 0) is 16.1 Å². The molecule has 0 atom stereocenters. The molecule has 3 aromatic rings. The molecule has 8 heteroatoms. The summed E-state index contributed by atoms with van der Waals surface area (Å²) in [6, 6.07) is 14.4. The van der Waals surface area contributed by atoms with Crippen LogP contribution in [-0.4, -0.2) is 32.6 Å². The third kappa shape index (κ3) is 4.38. The van der Waals surface area contributed by atoms with Crippen LogP contribution in [0, 0.1) is 0 Å². The number of benzene rings is 2. The zero-order valence-corrected chi connectivity index (χ0v) is 18.5. The van der Waals surface area contributed by atoms with Crippen molar-refractivity contribution in [2.24, 2.45) is 0 Å². The fourth-order valence-electron chi connectivity index (χ4n) is 3.48. The van der Waals surface area contributed by atoms with Gasteiger partial charge in [0.1, 0.15) is 6.54 Å². The minimum atomic E-state index is -0.290. The van der Waals surface area contributed by atoms with Gasteiger partial charge in [0.25, 0.3) is 11.1 Å². The summed E-state index contributed by atoms with van der Waals surface area (Å²) in [4.78, 5) is 39.1. The minimum absolute atomic E-state index is 0.102. The fraction of sp³-hybridized carbons (Fsp3) is 0.174. The first-order chi connectivity index (χ1) is 14.8. The number of para-hydroxylation sites is 1. The predicted molar refractivity (Wildman–Crippen MR) is 125 cm³/mol. The lowest BCUT2D eigenvalue weighted by atomic mass is 10.1. The quantitative estimate of drug-likeness (QED) is 0.526. The van der Waals surface area contributed by atoms with Crippen LogP contribution < -0.4 is 5.32 Å². The lowest BCUT2D eigenvalue weighted by Crippen LogP contribution is -2.34. The van der Waals surface area contributed by atoms with E-state index in [1.54, 1.807) is 30.3 Å². The highest BCUT2D eigenvalue weighted by Gasteiger charge is 2.36. The molecule has 2 aromatic carbocycles. The fourth-order valence-corrected chi connectivity index (χ4v) is 4.55. The normalized spacial score (nSPS) is 15.5. The number of rotatable bonds is 5. The first kappa shape index (κ1) is 21.2. The summed E-state index contributed by atoms with van der Waals surface area (Å²) in [5, 5.41) is 4.09. The van der Waals surface area contributed by atoms with Gasteiger partial charge in [-0.15, -0.1) is 0 Å². The van der Waals surface area contributed by atoms with Crippen LogP contribution in [0.15, 0.2) is 59.6 Å². The van der Waals surface area contributed by atoms with Gasteiger partial charge in [0.15, 0.2) is 0 Å². The van der Waals surface area contributed by atoms with Crippen LogP contribution >= 0.6 is 23.4 Å². The molecule has 0 saturated carbocycles.